The molecule has 3 rings (SSSR count). The van der Waals surface area contributed by atoms with Crippen molar-refractivity contribution in [1.29, 1.82) is 0 Å². The smallest absolute Gasteiger partial charge is 0.422 e. The fourth-order valence-corrected chi connectivity index (χ4v) is 3.03. The van der Waals surface area contributed by atoms with Gasteiger partial charge >= 0.3 is 18.0 Å². The number of nitrogens with zero attached hydrogens (tertiary/aromatic N) is 1. The van der Waals surface area contributed by atoms with Gasteiger partial charge in [-0.25, -0.2) is 9.69 Å². The van der Waals surface area contributed by atoms with Gasteiger partial charge in [0, 0.05) is 0 Å². The Morgan fingerprint density at radius 3 is 2.38 bits per heavy atom. The monoisotopic (exact) mass is 359 g/mol. The van der Waals surface area contributed by atoms with Crippen LogP contribution < -0.4 is 4.90 Å². The van der Waals surface area contributed by atoms with Gasteiger partial charge in [-0.15, -0.1) is 0 Å². The molecule has 1 aliphatic heterocycles. The second-order valence-corrected chi connectivity index (χ2v) is 7.48. The fourth-order valence-electron chi connectivity index (χ4n) is 3.03. The van der Waals surface area contributed by atoms with Crippen molar-refractivity contribution in [3.8, 4) is 0 Å². The largest absolute Gasteiger partial charge is 0.465 e. The van der Waals surface area contributed by atoms with E-state index in [4.69, 9.17) is 9.47 Å². The Kier molecular flexibility index (Phi) is 4.13. The van der Waals surface area contributed by atoms with Gasteiger partial charge < -0.3 is 9.47 Å². The number of benzene rings is 1. The lowest BCUT2D eigenvalue weighted by molar-refractivity contribution is -0.146. The van der Waals surface area contributed by atoms with Crippen LogP contribution in [0.3, 0.4) is 0 Å². The molecule has 1 fully saturated rings. The highest BCUT2D eigenvalue weighted by molar-refractivity contribution is 6.56. The van der Waals surface area contributed by atoms with Crippen LogP contribution in [0.5, 0.6) is 0 Å². The van der Waals surface area contributed by atoms with E-state index in [2.05, 4.69) is 0 Å². The molecule has 138 valence electrons. The molecule has 7 nitrogen and oxygen atoms in total. The van der Waals surface area contributed by atoms with E-state index < -0.39 is 28.8 Å². The second-order valence-electron chi connectivity index (χ2n) is 7.48. The zero-order valence-electron chi connectivity index (χ0n) is 15.3. The van der Waals surface area contributed by atoms with Crippen LogP contribution in [0.25, 0.3) is 0 Å². The number of hydrogen-bond acceptors (Lipinski definition) is 6. The molecule has 0 saturated heterocycles. The summed E-state index contributed by atoms with van der Waals surface area (Å²) in [6.45, 7) is 7.03. The van der Waals surface area contributed by atoms with Crippen molar-refractivity contribution in [1.82, 2.24) is 0 Å². The lowest BCUT2D eigenvalue weighted by Gasteiger charge is -2.23. The molecule has 1 aromatic carbocycles. The van der Waals surface area contributed by atoms with E-state index in [1.807, 2.05) is 0 Å². The van der Waals surface area contributed by atoms with E-state index in [9.17, 15) is 19.2 Å². The summed E-state index contributed by atoms with van der Waals surface area (Å²) >= 11 is 0. The minimum Gasteiger partial charge on any atom is -0.465 e. The zero-order chi connectivity index (χ0) is 19.3. The van der Waals surface area contributed by atoms with Crippen LogP contribution in [-0.2, 0) is 24.5 Å². The van der Waals surface area contributed by atoms with Gasteiger partial charge in [0.25, 0.3) is 5.78 Å². The van der Waals surface area contributed by atoms with Crippen molar-refractivity contribution in [2.45, 2.75) is 51.6 Å². The molecule has 0 aromatic heterocycles. The minimum atomic E-state index is -0.951. The van der Waals surface area contributed by atoms with E-state index in [1.54, 1.807) is 33.8 Å². The summed E-state index contributed by atoms with van der Waals surface area (Å²) < 4.78 is 10.3. The molecular weight excluding hydrogens is 338 g/mol. The molecule has 1 saturated carbocycles. The van der Waals surface area contributed by atoms with Gasteiger partial charge in [-0.1, -0.05) is 6.07 Å². The Morgan fingerprint density at radius 1 is 1.19 bits per heavy atom. The third-order valence-corrected chi connectivity index (χ3v) is 4.42. The van der Waals surface area contributed by atoms with Gasteiger partial charge in [-0.05, 0) is 58.2 Å². The molecule has 0 unspecified atom stereocenters. The molecule has 2 aliphatic rings. The molecule has 0 N–H and O–H groups in total. The van der Waals surface area contributed by atoms with Crippen molar-refractivity contribution in [2.24, 2.45) is 0 Å². The van der Waals surface area contributed by atoms with Crippen molar-refractivity contribution >= 4 is 29.4 Å². The Balaban J connectivity index is 1.96. The van der Waals surface area contributed by atoms with E-state index in [1.165, 1.54) is 12.1 Å². The first-order chi connectivity index (χ1) is 12.1. The Morgan fingerprint density at radius 2 is 1.85 bits per heavy atom. The molecule has 1 aromatic rings. The Hall–Kier alpha value is -2.70. The van der Waals surface area contributed by atoms with Crippen LogP contribution in [0.15, 0.2) is 18.2 Å². The van der Waals surface area contributed by atoms with Gasteiger partial charge in [0.1, 0.15) is 5.60 Å². The topological polar surface area (TPSA) is 90.0 Å². The SMILES string of the molecule is CCOC(=O)C1(c2ccc3c(c2)C(=O)C(=O)N3C(=O)OC(C)(C)C)CC1. The van der Waals surface area contributed by atoms with Crippen molar-refractivity contribution < 1.29 is 28.7 Å². The molecule has 1 aliphatic carbocycles. The predicted octanol–water partition coefficient (Wildman–Crippen LogP) is 2.75. The highest BCUT2D eigenvalue weighted by atomic mass is 16.6. The van der Waals surface area contributed by atoms with Gasteiger partial charge in [0.2, 0.25) is 0 Å². The van der Waals surface area contributed by atoms with E-state index in [-0.39, 0.29) is 23.8 Å². The van der Waals surface area contributed by atoms with Crippen LogP contribution in [0, 0.1) is 0 Å². The van der Waals surface area contributed by atoms with Gasteiger partial charge in [0.15, 0.2) is 0 Å². The number of imide groups is 1. The standard InChI is InChI=1S/C19H21NO6/c1-5-25-16(23)19(8-9-19)11-6-7-13-12(10-11)14(21)15(22)20(13)17(24)26-18(2,3)4/h6-7,10H,5,8-9H2,1-4H3. The number of esters is 1. The van der Waals surface area contributed by atoms with Crippen molar-refractivity contribution in [3.63, 3.8) is 0 Å². The Bertz CT molecular complexity index is 816. The zero-order valence-corrected chi connectivity index (χ0v) is 15.3. The number of Topliss-reactive ketones (excluding diaryl/α,β-unsaturated/α-hetero) is 1. The normalized spacial score (nSPS) is 17.8. The summed E-state index contributed by atoms with van der Waals surface area (Å²) in [7, 11) is 0. The summed E-state index contributed by atoms with van der Waals surface area (Å²) in [6, 6.07) is 4.69. The maximum Gasteiger partial charge on any atom is 0.422 e. The van der Waals surface area contributed by atoms with Gasteiger partial charge in [0.05, 0.1) is 23.3 Å². The highest BCUT2D eigenvalue weighted by Gasteiger charge is 2.53. The number of fused-ring (bicyclic) bond motifs is 1. The molecule has 0 spiro atoms. The second kappa shape index (κ2) is 5.93. The van der Waals surface area contributed by atoms with Crippen LogP contribution in [0.4, 0.5) is 10.5 Å². The summed E-state index contributed by atoms with van der Waals surface area (Å²) in [5, 5.41) is 0. The van der Waals surface area contributed by atoms with Crippen LogP contribution in [0.1, 0.15) is 56.5 Å². The number of carbonyl (C=O) groups is 4. The lowest BCUT2D eigenvalue weighted by Crippen LogP contribution is -2.40. The predicted molar refractivity (Wildman–Crippen MR) is 92.0 cm³/mol. The number of amides is 2. The van der Waals surface area contributed by atoms with E-state index in [0.29, 0.717) is 18.4 Å². The first-order valence-corrected chi connectivity index (χ1v) is 8.54. The molecule has 26 heavy (non-hydrogen) atoms. The third-order valence-electron chi connectivity index (χ3n) is 4.42. The van der Waals surface area contributed by atoms with Gasteiger partial charge in [-0.3, -0.25) is 14.4 Å². The lowest BCUT2D eigenvalue weighted by atomic mass is 9.93. The molecule has 7 heteroatoms. The maximum atomic E-state index is 12.4. The number of ketones is 1. The minimum absolute atomic E-state index is 0.105. The number of anilines is 1. The van der Waals surface area contributed by atoms with E-state index in [0.717, 1.165) is 4.90 Å². The molecule has 1 heterocycles. The van der Waals surface area contributed by atoms with Crippen molar-refractivity contribution in [3.05, 3.63) is 29.3 Å². The highest BCUT2D eigenvalue weighted by Crippen LogP contribution is 2.50. The molecule has 0 atom stereocenters. The summed E-state index contributed by atoms with van der Waals surface area (Å²) in [5.41, 5.74) is -0.646. The average Bonchev–Trinajstić information content (AvgIpc) is 3.30. The first kappa shape index (κ1) is 18.1. The molecule has 0 bridgehead atoms. The maximum absolute atomic E-state index is 12.4. The number of rotatable bonds is 3. The fraction of sp³-hybridized carbons (Fsp3) is 0.474. The van der Waals surface area contributed by atoms with Crippen LogP contribution in [-0.4, -0.2) is 36.0 Å². The van der Waals surface area contributed by atoms with E-state index >= 15 is 0 Å². The summed E-state index contributed by atoms with van der Waals surface area (Å²) in [5.74, 6) is -2.07. The summed E-state index contributed by atoms with van der Waals surface area (Å²) in [4.78, 5) is 50.0. The van der Waals surface area contributed by atoms with Crippen LogP contribution >= 0.6 is 0 Å². The number of carbonyl (C=O) groups excluding carboxylic acids is 4. The number of ether oxygens (including phenoxy) is 2. The quantitative estimate of drug-likeness (QED) is 0.609. The van der Waals surface area contributed by atoms with Gasteiger partial charge in [-0.2, -0.15) is 0 Å². The van der Waals surface area contributed by atoms with Crippen LogP contribution in [0.2, 0.25) is 0 Å². The van der Waals surface area contributed by atoms with Crippen molar-refractivity contribution in [2.75, 3.05) is 11.5 Å². The first-order valence-electron chi connectivity index (χ1n) is 8.54. The molecule has 2 amide bonds. The Labute approximate surface area is 151 Å². The molecule has 0 radical (unpaired) electrons. The average molecular weight is 359 g/mol. The number of hydrogen-bond donors (Lipinski definition) is 0. The molecular formula is C19H21NO6. The third kappa shape index (κ3) is 2.87. The summed E-state index contributed by atoms with van der Waals surface area (Å²) in [6.07, 6.45) is 0.360.